The van der Waals surface area contributed by atoms with Crippen LogP contribution in [-0.2, 0) is 0 Å². The fourth-order valence-electron chi connectivity index (χ4n) is 1.13. The van der Waals surface area contributed by atoms with Crippen LogP contribution in [0, 0.1) is 0 Å². The van der Waals surface area contributed by atoms with Crippen molar-refractivity contribution in [2.75, 3.05) is 0 Å². The molecule has 12 heavy (non-hydrogen) atoms. The SMILES string of the molecule is C/C=C/CCCCCC[Se]CC. The van der Waals surface area contributed by atoms with E-state index >= 15 is 0 Å². The predicted octanol–water partition coefficient (Wildman–Crippen LogP) is 4.07. The van der Waals surface area contributed by atoms with Crippen LogP contribution in [-0.4, -0.2) is 15.0 Å². The fourth-order valence-corrected chi connectivity index (χ4v) is 2.59. The quantitative estimate of drug-likeness (QED) is 0.337. The van der Waals surface area contributed by atoms with Gasteiger partial charge in [0.1, 0.15) is 0 Å². The minimum absolute atomic E-state index is 0.948. The minimum atomic E-state index is 0.948. The van der Waals surface area contributed by atoms with Gasteiger partial charge in [-0.05, 0) is 0 Å². The van der Waals surface area contributed by atoms with E-state index in [2.05, 4.69) is 26.0 Å². The molecule has 0 amide bonds. The zero-order valence-corrected chi connectivity index (χ0v) is 10.2. The predicted molar refractivity (Wildman–Crippen MR) is 58.9 cm³/mol. The standard InChI is InChI=1S/C11H22Se/c1-3-5-6-7-8-9-10-11-12-4-2/h3,5H,4,6-11H2,1-2H3/b5-3+. The summed E-state index contributed by atoms with van der Waals surface area (Å²) in [4.78, 5) is 0. The molecule has 0 aromatic rings. The molecule has 0 aliphatic heterocycles. The number of hydrogen-bond acceptors (Lipinski definition) is 0. The summed E-state index contributed by atoms with van der Waals surface area (Å²) >= 11 is 0.948. The zero-order valence-electron chi connectivity index (χ0n) is 8.51. The van der Waals surface area contributed by atoms with Crippen LogP contribution in [0.4, 0.5) is 0 Å². The van der Waals surface area contributed by atoms with Crippen LogP contribution < -0.4 is 0 Å². The maximum atomic E-state index is 2.30. The van der Waals surface area contributed by atoms with Crippen molar-refractivity contribution in [3.8, 4) is 0 Å². The van der Waals surface area contributed by atoms with Crippen molar-refractivity contribution in [3.05, 3.63) is 12.2 Å². The van der Waals surface area contributed by atoms with Crippen molar-refractivity contribution in [2.24, 2.45) is 0 Å². The summed E-state index contributed by atoms with van der Waals surface area (Å²) in [7, 11) is 0. The summed E-state index contributed by atoms with van der Waals surface area (Å²) < 4.78 is 0. The van der Waals surface area contributed by atoms with Crippen LogP contribution in [0.15, 0.2) is 12.2 Å². The molecule has 0 radical (unpaired) electrons. The molecule has 0 nitrogen and oxygen atoms in total. The van der Waals surface area contributed by atoms with Crippen LogP contribution >= 0.6 is 0 Å². The molecule has 0 heterocycles. The van der Waals surface area contributed by atoms with Crippen LogP contribution in [0.1, 0.15) is 46.0 Å². The first-order valence-corrected chi connectivity index (χ1v) is 7.53. The molecule has 0 bridgehead atoms. The van der Waals surface area contributed by atoms with Gasteiger partial charge in [-0.1, -0.05) is 0 Å². The Bertz CT molecular complexity index is 97.2. The molecular weight excluding hydrogens is 211 g/mol. The van der Waals surface area contributed by atoms with Gasteiger partial charge in [-0.15, -0.1) is 0 Å². The van der Waals surface area contributed by atoms with E-state index in [4.69, 9.17) is 0 Å². The molecule has 0 fully saturated rings. The summed E-state index contributed by atoms with van der Waals surface area (Å²) in [5.74, 6) is 0. The third-order valence-electron chi connectivity index (χ3n) is 1.85. The molecule has 0 N–H and O–H groups in total. The van der Waals surface area contributed by atoms with Crippen molar-refractivity contribution in [1.29, 1.82) is 0 Å². The molecule has 0 atom stereocenters. The van der Waals surface area contributed by atoms with Crippen LogP contribution in [0.3, 0.4) is 0 Å². The van der Waals surface area contributed by atoms with E-state index in [1.165, 1.54) is 42.7 Å². The molecule has 0 aliphatic carbocycles. The summed E-state index contributed by atoms with van der Waals surface area (Å²) in [5, 5.41) is 2.93. The van der Waals surface area contributed by atoms with Gasteiger partial charge in [0.15, 0.2) is 0 Å². The Morgan fingerprint density at radius 3 is 2.50 bits per heavy atom. The fraction of sp³-hybridized carbons (Fsp3) is 0.818. The zero-order chi connectivity index (χ0) is 9.07. The summed E-state index contributed by atoms with van der Waals surface area (Å²) in [5.41, 5.74) is 0. The number of unbranched alkanes of at least 4 members (excludes halogenated alkanes) is 4. The van der Waals surface area contributed by atoms with Gasteiger partial charge in [0.05, 0.1) is 0 Å². The number of allylic oxidation sites excluding steroid dienone is 2. The van der Waals surface area contributed by atoms with Gasteiger partial charge in [-0.2, -0.15) is 0 Å². The molecule has 0 saturated heterocycles. The van der Waals surface area contributed by atoms with Gasteiger partial charge in [0, 0.05) is 0 Å². The Morgan fingerprint density at radius 2 is 1.83 bits per heavy atom. The van der Waals surface area contributed by atoms with Gasteiger partial charge in [0.25, 0.3) is 0 Å². The van der Waals surface area contributed by atoms with E-state index in [9.17, 15) is 0 Å². The second-order valence-electron chi connectivity index (χ2n) is 2.97. The van der Waals surface area contributed by atoms with E-state index in [1.54, 1.807) is 0 Å². The van der Waals surface area contributed by atoms with Crippen molar-refractivity contribution in [3.63, 3.8) is 0 Å². The number of hydrogen-bond donors (Lipinski definition) is 0. The first-order chi connectivity index (χ1) is 5.91. The summed E-state index contributed by atoms with van der Waals surface area (Å²) in [6, 6.07) is 0. The van der Waals surface area contributed by atoms with Gasteiger partial charge in [-0.25, -0.2) is 0 Å². The second kappa shape index (κ2) is 11.3. The maximum absolute atomic E-state index is 2.30. The van der Waals surface area contributed by atoms with Crippen LogP contribution in [0.25, 0.3) is 0 Å². The molecule has 0 saturated carbocycles. The average molecular weight is 233 g/mol. The summed E-state index contributed by atoms with van der Waals surface area (Å²) in [6.07, 6.45) is 11.5. The van der Waals surface area contributed by atoms with Gasteiger partial charge in [0.2, 0.25) is 0 Å². The Hall–Kier alpha value is 0.259. The Balaban J connectivity index is 2.81. The average Bonchev–Trinajstić information content (AvgIpc) is 2.10. The molecule has 72 valence electrons. The Morgan fingerprint density at radius 1 is 1.08 bits per heavy atom. The molecule has 0 aromatic heterocycles. The third-order valence-corrected chi connectivity index (χ3v) is 3.92. The van der Waals surface area contributed by atoms with Crippen molar-refractivity contribution >= 4 is 15.0 Å². The number of rotatable bonds is 8. The second-order valence-corrected chi connectivity index (χ2v) is 5.89. The molecule has 0 aliphatic rings. The van der Waals surface area contributed by atoms with Crippen molar-refractivity contribution in [1.82, 2.24) is 0 Å². The van der Waals surface area contributed by atoms with E-state index < -0.39 is 0 Å². The first-order valence-electron chi connectivity index (χ1n) is 5.10. The van der Waals surface area contributed by atoms with Crippen LogP contribution in [0.5, 0.6) is 0 Å². The van der Waals surface area contributed by atoms with E-state index in [1.807, 2.05) is 0 Å². The Labute approximate surface area is 84.0 Å². The van der Waals surface area contributed by atoms with E-state index in [-0.39, 0.29) is 0 Å². The topological polar surface area (TPSA) is 0 Å². The normalized spacial score (nSPS) is 11.2. The molecular formula is C11H22Se. The first kappa shape index (κ1) is 12.3. The van der Waals surface area contributed by atoms with Crippen molar-refractivity contribution in [2.45, 2.75) is 56.6 Å². The molecule has 0 unspecified atom stereocenters. The van der Waals surface area contributed by atoms with Crippen molar-refractivity contribution < 1.29 is 0 Å². The van der Waals surface area contributed by atoms with Gasteiger partial charge < -0.3 is 0 Å². The monoisotopic (exact) mass is 234 g/mol. The molecule has 0 spiro atoms. The molecule has 0 aromatic carbocycles. The van der Waals surface area contributed by atoms with E-state index in [0.29, 0.717) is 0 Å². The van der Waals surface area contributed by atoms with Gasteiger partial charge in [-0.3, -0.25) is 0 Å². The summed E-state index contributed by atoms with van der Waals surface area (Å²) in [6.45, 7) is 4.40. The van der Waals surface area contributed by atoms with E-state index in [0.717, 1.165) is 15.0 Å². The van der Waals surface area contributed by atoms with Gasteiger partial charge >= 0.3 is 83.7 Å². The third kappa shape index (κ3) is 10.3. The Kier molecular flexibility index (Phi) is 11.5. The molecule has 0 rings (SSSR count). The molecule has 1 heteroatoms. The van der Waals surface area contributed by atoms with Crippen LogP contribution in [0.2, 0.25) is 10.6 Å².